The van der Waals surface area contributed by atoms with E-state index >= 15 is 0 Å². The molecule has 26 heavy (non-hydrogen) atoms. The quantitative estimate of drug-likeness (QED) is 0.794. The highest BCUT2D eigenvalue weighted by Gasteiger charge is 2.19. The Bertz CT molecular complexity index is 775. The minimum Gasteiger partial charge on any atom is -0.486 e. The summed E-state index contributed by atoms with van der Waals surface area (Å²) < 4.78 is 11.0. The molecule has 1 aliphatic rings. The Hall–Kier alpha value is -3.02. The van der Waals surface area contributed by atoms with E-state index in [1.54, 1.807) is 12.1 Å². The number of hydrogen-bond donors (Lipinski definition) is 2. The number of aliphatic carboxylic acids is 1. The molecule has 0 aromatic heterocycles. The molecule has 1 unspecified atom stereocenters. The highest BCUT2D eigenvalue weighted by atomic mass is 16.6. The van der Waals surface area contributed by atoms with E-state index in [1.807, 2.05) is 36.4 Å². The zero-order valence-electron chi connectivity index (χ0n) is 14.3. The lowest BCUT2D eigenvalue weighted by molar-refractivity contribution is -0.141. The summed E-state index contributed by atoms with van der Waals surface area (Å²) in [6.45, 7) is 1.10. The summed E-state index contributed by atoms with van der Waals surface area (Å²) in [5.41, 5.74) is 1.72. The minimum absolute atomic E-state index is 0.0909. The first-order chi connectivity index (χ1) is 12.6. The first-order valence-corrected chi connectivity index (χ1v) is 8.54. The van der Waals surface area contributed by atoms with Gasteiger partial charge in [0, 0.05) is 6.54 Å². The maximum absolute atomic E-state index is 12.2. The molecule has 2 aromatic carbocycles. The van der Waals surface area contributed by atoms with Gasteiger partial charge in [0.1, 0.15) is 13.2 Å². The fourth-order valence-corrected chi connectivity index (χ4v) is 2.83. The van der Waals surface area contributed by atoms with E-state index in [4.69, 9.17) is 9.47 Å². The molecule has 1 atom stereocenters. The van der Waals surface area contributed by atoms with Crippen LogP contribution in [-0.4, -0.2) is 36.7 Å². The van der Waals surface area contributed by atoms with Gasteiger partial charge in [-0.05, 0) is 29.7 Å². The maximum Gasteiger partial charge on any atom is 0.308 e. The number of carbonyl (C=O) groups is 2. The van der Waals surface area contributed by atoms with E-state index in [0.29, 0.717) is 31.1 Å². The number of rotatable bonds is 7. The van der Waals surface area contributed by atoms with Crippen LogP contribution in [0, 0.1) is 5.92 Å². The van der Waals surface area contributed by atoms with Gasteiger partial charge in [-0.15, -0.1) is 0 Å². The Kier molecular flexibility index (Phi) is 5.73. The number of carbonyl (C=O) groups excluding carboxylic acids is 1. The van der Waals surface area contributed by atoms with Crippen molar-refractivity contribution in [3.63, 3.8) is 0 Å². The molecule has 1 aliphatic heterocycles. The number of ether oxygens (including phenoxy) is 2. The standard InChI is InChI=1S/C20H21NO5/c22-19(12-15-6-7-17-18(11-15)26-9-8-25-17)21-13-16(20(23)24)10-14-4-2-1-3-5-14/h1-7,11,16H,8-10,12-13H2,(H,21,22)(H,23,24). The predicted molar refractivity (Wildman–Crippen MR) is 95.4 cm³/mol. The summed E-state index contributed by atoms with van der Waals surface area (Å²) in [5.74, 6) is -0.501. The minimum atomic E-state index is -0.923. The molecular formula is C20H21NO5. The summed E-state index contributed by atoms with van der Waals surface area (Å²) in [7, 11) is 0. The second-order valence-corrected chi connectivity index (χ2v) is 6.18. The third-order valence-corrected chi connectivity index (χ3v) is 4.19. The highest BCUT2D eigenvalue weighted by Crippen LogP contribution is 2.30. The van der Waals surface area contributed by atoms with Gasteiger partial charge < -0.3 is 19.9 Å². The molecule has 1 heterocycles. The Balaban J connectivity index is 1.54. The lowest BCUT2D eigenvalue weighted by atomic mass is 9.99. The van der Waals surface area contributed by atoms with Gasteiger partial charge >= 0.3 is 5.97 Å². The van der Waals surface area contributed by atoms with Gasteiger partial charge in [0.05, 0.1) is 12.3 Å². The highest BCUT2D eigenvalue weighted by molar-refractivity contribution is 5.79. The first kappa shape index (κ1) is 17.8. The summed E-state index contributed by atoms with van der Waals surface area (Å²) in [4.78, 5) is 23.6. The van der Waals surface area contributed by atoms with Crippen molar-refractivity contribution in [2.45, 2.75) is 12.8 Å². The number of carboxylic acid groups (broad SMARTS) is 1. The van der Waals surface area contributed by atoms with Gasteiger partial charge in [-0.25, -0.2) is 0 Å². The van der Waals surface area contributed by atoms with Crippen molar-refractivity contribution in [2.24, 2.45) is 5.92 Å². The van der Waals surface area contributed by atoms with E-state index < -0.39 is 11.9 Å². The van der Waals surface area contributed by atoms with Crippen LogP contribution in [0.1, 0.15) is 11.1 Å². The normalized spacial score (nSPS) is 13.7. The molecule has 3 rings (SSSR count). The molecule has 0 fully saturated rings. The smallest absolute Gasteiger partial charge is 0.308 e. The number of amides is 1. The zero-order valence-corrected chi connectivity index (χ0v) is 14.3. The number of benzene rings is 2. The summed E-state index contributed by atoms with van der Waals surface area (Å²) >= 11 is 0. The average molecular weight is 355 g/mol. The molecule has 6 heteroatoms. The molecular weight excluding hydrogens is 334 g/mol. The Morgan fingerprint density at radius 1 is 1.00 bits per heavy atom. The van der Waals surface area contributed by atoms with Gasteiger partial charge in [-0.1, -0.05) is 36.4 Å². The van der Waals surface area contributed by atoms with Crippen LogP contribution in [0.5, 0.6) is 11.5 Å². The van der Waals surface area contributed by atoms with E-state index in [1.165, 1.54) is 0 Å². The Labute approximate surface area is 151 Å². The third-order valence-electron chi connectivity index (χ3n) is 4.19. The largest absolute Gasteiger partial charge is 0.486 e. The molecule has 0 bridgehead atoms. The lowest BCUT2D eigenvalue weighted by Gasteiger charge is -2.19. The third kappa shape index (κ3) is 4.75. The van der Waals surface area contributed by atoms with Crippen LogP contribution >= 0.6 is 0 Å². The van der Waals surface area contributed by atoms with Crippen LogP contribution < -0.4 is 14.8 Å². The fraction of sp³-hybridized carbons (Fsp3) is 0.300. The molecule has 1 amide bonds. The van der Waals surface area contributed by atoms with Crippen molar-refractivity contribution in [1.29, 1.82) is 0 Å². The monoisotopic (exact) mass is 355 g/mol. The van der Waals surface area contributed by atoms with E-state index in [2.05, 4.69) is 5.32 Å². The number of carboxylic acids is 1. The van der Waals surface area contributed by atoms with Crippen molar-refractivity contribution in [1.82, 2.24) is 5.32 Å². The van der Waals surface area contributed by atoms with Crippen molar-refractivity contribution < 1.29 is 24.2 Å². The topological polar surface area (TPSA) is 84.9 Å². The van der Waals surface area contributed by atoms with Crippen LogP contribution in [0.25, 0.3) is 0 Å². The Morgan fingerprint density at radius 3 is 2.46 bits per heavy atom. The number of hydrogen-bond acceptors (Lipinski definition) is 4. The van der Waals surface area contributed by atoms with Crippen molar-refractivity contribution in [2.75, 3.05) is 19.8 Å². The van der Waals surface area contributed by atoms with Gasteiger partial charge in [0.2, 0.25) is 5.91 Å². The zero-order chi connectivity index (χ0) is 18.4. The van der Waals surface area contributed by atoms with Gasteiger partial charge in [-0.2, -0.15) is 0 Å². The van der Waals surface area contributed by atoms with E-state index in [9.17, 15) is 14.7 Å². The summed E-state index contributed by atoms with van der Waals surface area (Å²) in [5, 5.41) is 12.1. The van der Waals surface area contributed by atoms with Gasteiger partial charge in [0.25, 0.3) is 0 Å². The molecule has 0 aliphatic carbocycles. The van der Waals surface area contributed by atoms with Crippen LogP contribution in [-0.2, 0) is 22.4 Å². The average Bonchev–Trinajstić information content (AvgIpc) is 2.65. The van der Waals surface area contributed by atoms with Crippen molar-refractivity contribution in [3.8, 4) is 11.5 Å². The van der Waals surface area contributed by atoms with Crippen LogP contribution in [0.2, 0.25) is 0 Å². The molecule has 0 radical (unpaired) electrons. The predicted octanol–water partition coefficient (Wildman–Crippen LogP) is 2.06. The number of nitrogens with one attached hydrogen (secondary N) is 1. The molecule has 136 valence electrons. The molecule has 2 N–H and O–H groups in total. The molecule has 6 nitrogen and oxygen atoms in total. The van der Waals surface area contributed by atoms with E-state index in [-0.39, 0.29) is 18.9 Å². The molecule has 0 spiro atoms. The summed E-state index contributed by atoms with van der Waals surface area (Å²) in [6, 6.07) is 14.8. The Morgan fingerprint density at radius 2 is 1.73 bits per heavy atom. The van der Waals surface area contributed by atoms with E-state index in [0.717, 1.165) is 11.1 Å². The first-order valence-electron chi connectivity index (χ1n) is 8.54. The molecule has 0 saturated carbocycles. The lowest BCUT2D eigenvalue weighted by Crippen LogP contribution is -2.34. The van der Waals surface area contributed by atoms with Gasteiger partial charge in [-0.3, -0.25) is 9.59 Å². The van der Waals surface area contributed by atoms with Crippen molar-refractivity contribution >= 4 is 11.9 Å². The van der Waals surface area contributed by atoms with Crippen LogP contribution in [0.3, 0.4) is 0 Å². The second kappa shape index (κ2) is 8.38. The molecule has 0 saturated heterocycles. The fourth-order valence-electron chi connectivity index (χ4n) is 2.83. The summed E-state index contributed by atoms with van der Waals surface area (Å²) in [6.07, 6.45) is 0.537. The van der Waals surface area contributed by atoms with Gasteiger partial charge in [0.15, 0.2) is 11.5 Å². The second-order valence-electron chi connectivity index (χ2n) is 6.18. The van der Waals surface area contributed by atoms with Crippen molar-refractivity contribution in [3.05, 3.63) is 59.7 Å². The van der Waals surface area contributed by atoms with Crippen LogP contribution in [0.4, 0.5) is 0 Å². The van der Waals surface area contributed by atoms with Crippen LogP contribution in [0.15, 0.2) is 48.5 Å². The number of fused-ring (bicyclic) bond motifs is 1. The SMILES string of the molecule is O=C(Cc1ccc2c(c1)OCCO2)NCC(Cc1ccccc1)C(=O)O. The molecule has 2 aromatic rings. The maximum atomic E-state index is 12.2.